The highest BCUT2D eigenvalue weighted by Gasteiger charge is 2.26. The number of methoxy groups -OCH3 is 1. The third kappa shape index (κ3) is 4.56. The number of aromatic nitrogens is 2. The van der Waals surface area contributed by atoms with Crippen molar-refractivity contribution in [3.05, 3.63) is 64.3 Å². The van der Waals surface area contributed by atoms with Crippen molar-refractivity contribution in [1.29, 1.82) is 0 Å². The molecule has 162 valence electrons. The van der Waals surface area contributed by atoms with E-state index in [9.17, 15) is 4.79 Å². The fourth-order valence-electron chi connectivity index (χ4n) is 3.70. The van der Waals surface area contributed by atoms with Gasteiger partial charge in [0.05, 0.1) is 28.5 Å². The van der Waals surface area contributed by atoms with Crippen molar-refractivity contribution in [2.24, 2.45) is 0 Å². The monoisotopic (exact) mass is 458 g/mol. The molecule has 1 fully saturated rings. The van der Waals surface area contributed by atoms with Crippen LogP contribution in [0.25, 0.3) is 16.9 Å². The first-order chi connectivity index (χ1) is 15.0. The Balaban J connectivity index is 1.75. The highest BCUT2D eigenvalue weighted by Crippen LogP contribution is 2.29. The second-order valence-electron chi connectivity index (χ2n) is 7.38. The van der Waals surface area contributed by atoms with E-state index >= 15 is 0 Å². The van der Waals surface area contributed by atoms with Crippen LogP contribution in [-0.4, -0.2) is 65.3 Å². The summed E-state index contributed by atoms with van der Waals surface area (Å²) in [4.78, 5) is 17.7. The van der Waals surface area contributed by atoms with E-state index in [2.05, 4.69) is 11.8 Å². The normalized spacial score (nSPS) is 14.6. The SMILES string of the molecule is CCN1CCN(C(=O)c2cc(-c3cccc(OC)c3)nn2-c2ccc(Cl)c(Cl)c2)CC1. The highest BCUT2D eigenvalue weighted by atomic mass is 35.5. The number of amides is 1. The van der Waals surface area contributed by atoms with Crippen LogP contribution in [0.2, 0.25) is 10.0 Å². The molecule has 31 heavy (non-hydrogen) atoms. The number of piperazine rings is 1. The molecule has 0 N–H and O–H groups in total. The van der Waals surface area contributed by atoms with Gasteiger partial charge in [-0.05, 0) is 42.9 Å². The molecule has 0 unspecified atom stereocenters. The zero-order valence-corrected chi connectivity index (χ0v) is 19.0. The summed E-state index contributed by atoms with van der Waals surface area (Å²) in [7, 11) is 1.62. The topological polar surface area (TPSA) is 50.6 Å². The van der Waals surface area contributed by atoms with Crippen LogP contribution in [0.5, 0.6) is 5.75 Å². The number of halogens is 2. The second kappa shape index (κ2) is 9.30. The van der Waals surface area contributed by atoms with Gasteiger partial charge in [0.1, 0.15) is 11.4 Å². The minimum absolute atomic E-state index is 0.0523. The fourth-order valence-corrected chi connectivity index (χ4v) is 3.99. The maximum absolute atomic E-state index is 13.5. The molecule has 1 aliphatic heterocycles. The molecule has 4 rings (SSSR count). The van der Waals surface area contributed by atoms with Crippen LogP contribution >= 0.6 is 23.2 Å². The van der Waals surface area contributed by atoms with E-state index < -0.39 is 0 Å². The van der Waals surface area contributed by atoms with Crippen LogP contribution in [0.3, 0.4) is 0 Å². The zero-order chi connectivity index (χ0) is 22.0. The number of ether oxygens (including phenoxy) is 1. The van der Waals surface area contributed by atoms with E-state index in [4.69, 9.17) is 33.0 Å². The van der Waals surface area contributed by atoms with E-state index in [0.717, 1.165) is 30.9 Å². The first kappa shape index (κ1) is 21.7. The third-order valence-corrected chi connectivity index (χ3v) is 6.29. The molecular weight excluding hydrogens is 435 g/mol. The van der Waals surface area contributed by atoms with Gasteiger partial charge in [-0.1, -0.05) is 42.3 Å². The van der Waals surface area contributed by atoms with Gasteiger partial charge < -0.3 is 14.5 Å². The number of hydrogen-bond donors (Lipinski definition) is 0. The van der Waals surface area contributed by atoms with Gasteiger partial charge in [-0.15, -0.1) is 0 Å². The van der Waals surface area contributed by atoms with E-state index in [1.54, 1.807) is 23.9 Å². The Kier molecular flexibility index (Phi) is 6.51. The van der Waals surface area contributed by atoms with Gasteiger partial charge >= 0.3 is 0 Å². The Bertz CT molecular complexity index is 1090. The summed E-state index contributed by atoms with van der Waals surface area (Å²) >= 11 is 12.3. The van der Waals surface area contributed by atoms with Crippen molar-refractivity contribution in [3.63, 3.8) is 0 Å². The van der Waals surface area contributed by atoms with Crippen molar-refractivity contribution in [2.75, 3.05) is 39.8 Å². The first-order valence-electron chi connectivity index (χ1n) is 10.2. The highest BCUT2D eigenvalue weighted by molar-refractivity contribution is 6.42. The van der Waals surface area contributed by atoms with Crippen LogP contribution in [0, 0.1) is 0 Å². The molecular formula is C23H24Cl2N4O2. The molecule has 3 aromatic rings. The quantitative estimate of drug-likeness (QED) is 0.558. The number of carbonyl (C=O) groups excluding carboxylic acids is 1. The van der Waals surface area contributed by atoms with E-state index in [0.29, 0.717) is 40.2 Å². The zero-order valence-electron chi connectivity index (χ0n) is 17.5. The van der Waals surface area contributed by atoms with Crippen LogP contribution in [0.4, 0.5) is 0 Å². The molecule has 0 atom stereocenters. The first-order valence-corrected chi connectivity index (χ1v) is 11.0. The molecule has 1 aliphatic rings. The van der Waals surface area contributed by atoms with Gasteiger partial charge in [-0.3, -0.25) is 4.79 Å². The Labute approximate surface area is 191 Å². The number of benzene rings is 2. The molecule has 0 saturated carbocycles. The van der Waals surface area contributed by atoms with Crippen LogP contribution in [-0.2, 0) is 0 Å². The number of hydrogen-bond acceptors (Lipinski definition) is 4. The molecule has 0 spiro atoms. The van der Waals surface area contributed by atoms with Crippen LogP contribution < -0.4 is 4.74 Å². The summed E-state index contributed by atoms with van der Waals surface area (Å²) in [6.45, 7) is 6.24. The van der Waals surface area contributed by atoms with Crippen molar-refractivity contribution in [2.45, 2.75) is 6.92 Å². The van der Waals surface area contributed by atoms with E-state index in [1.165, 1.54) is 0 Å². The standard InChI is InChI=1S/C23H24Cl2N4O2/c1-3-27-9-11-28(12-10-27)23(30)22-15-21(16-5-4-6-18(13-16)31-2)26-29(22)17-7-8-19(24)20(25)14-17/h4-8,13-15H,3,9-12H2,1-2H3. The Morgan fingerprint density at radius 3 is 2.48 bits per heavy atom. The number of rotatable bonds is 5. The Morgan fingerprint density at radius 2 is 1.81 bits per heavy atom. The average Bonchev–Trinajstić information content (AvgIpc) is 3.26. The summed E-state index contributed by atoms with van der Waals surface area (Å²) in [5, 5.41) is 5.61. The number of likely N-dealkylation sites (N-methyl/N-ethyl adjacent to an activating group) is 1. The van der Waals surface area contributed by atoms with Gasteiger partial charge in [-0.2, -0.15) is 5.10 Å². The van der Waals surface area contributed by atoms with E-state index in [1.807, 2.05) is 41.3 Å². The lowest BCUT2D eigenvalue weighted by atomic mass is 10.1. The van der Waals surface area contributed by atoms with Gasteiger partial charge in [-0.25, -0.2) is 4.68 Å². The molecule has 6 nitrogen and oxygen atoms in total. The average molecular weight is 459 g/mol. The molecule has 8 heteroatoms. The van der Waals surface area contributed by atoms with Crippen molar-refractivity contribution < 1.29 is 9.53 Å². The lowest BCUT2D eigenvalue weighted by Gasteiger charge is -2.34. The van der Waals surface area contributed by atoms with Gasteiger partial charge in [0, 0.05) is 31.7 Å². The Hall–Kier alpha value is -2.54. The Morgan fingerprint density at radius 1 is 1.03 bits per heavy atom. The molecule has 1 saturated heterocycles. The molecule has 0 aliphatic carbocycles. The number of carbonyl (C=O) groups is 1. The lowest BCUT2D eigenvalue weighted by molar-refractivity contribution is 0.0634. The minimum Gasteiger partial charge on any atom is -0.497 e. The summed E-state index contributed by atoms with van der Waals surface area (Å²) in [6, 6.07) is 14.7. The third-order valence-electron chi connectivity index (χ3n) is 5.55. The van der Waals surface area contributed by atoms with Crippen LogP contribution in [0.15, 0.2) is 48.5 Å². The minimum atomic E-state index is -0.0523. The predicted molar refractivity (Wildman–Crippen MR) is 124 cm³/mol. The van der Waals surface area contributed by atoms with Crippen LogP contribution in [0.1, 0.15) is 17.4 Å². The van der Waals surface area contributed by atoms with Gasteiger partial charge in [0.25, 0.3) is 5.91 Å². The molecule has 1 aromatic heterocycles. The van der Waals surface area contributed by atoms with Crippen molar-refractivity contribution >= 4 is 29.1 Å². The maximum atomic E-state index is 13.5. The smallest absolute Gasteiger partial charge is 0.272 e. The lowest BCUT2D eigenvalue weighted by Crippen LogP contribution is -2.48. The summed E-state index contributed by atoms with van der Waals surface area (Å²) in [6.07, 6.45) is 0. The fraction of sp³-hybridized carbons (Fsp3) is 0.304. The maximum Gasteiger partial charge on any atom is 0.272 e. The van der Waals surface area contributed by atoms with E-state index in [-0.39, 0.29) is 5.91 Å². The van der Waals surface area contributed by atoms with Crippen molar-refractivity contribution in [3.8, 4) is 22.7 Å². The summed E-state index contributed by atoms with van der Waals surface area (Å²) in [5.74, 6) is 0.675. The molecule has 2 aromatic carbocycles. The van der Waals surface area contributed by atoms with Crippen molar-refractivity contribution in [1.82, 2.24) is 19.6 Å². The summed E-state index contributed by atoms with van der Waals surface area (Å²) in [5.41, 5.74) is 2.71. The largest absolute Gasteiger partial charge is 0.497 e. The molecule has 0 radical (unpaired) electrons. The van der Waals surface area contributed by atoms with Gasteiger partial charge in [0.2, 0.25) is 0 Å². The molecule has 2 heterocycles. The number of nitrogens with zero attached hydrogens (tertiary/aromatic N) is 4. The van der Waals surface area contributed by atoms with Gasteiger partial charge in [0.15, 0.2) is 0 Å². The summed E-state index contributed by atoms with van der Waals surface area (Å²) < 4.78 is 6.99. The molecule has 0 bridgehead atoms. The predicted octanol–water partition coefficient (Wildman–Crippen LogP) is 4.63. The second-order valence-corrected chi connectivity index (χ2v) is 8.20. The molecule has 1 amide bonds.